The molecule has 1 unspecified atom stereocenters. The Hall–Kier alpha value is -2.79. The van der Waals surface area contributed by atoms with E-state index in [-0.39, 0.29) is 11.8 Å². The molecule has 1 aliphatic rings. The largest absolute Gasteiger partial charge is 0.493 e. The van der Waals surface area contributed by atoms with Gasteiger partial charge in [0.25, 0.3) is 0 Å². The van der Waals surface area contributed by atoms with E-state index in [2.05, 4.69) is 67.5 Å². The molecule has 182 valence electrons. The zero-order chi connectivity index (χ0) is 24.1. The number of carbonyl (C=O) groups excluding carboxylic acids is 1. The molecular weight excluding hydrogens is 422 g/mol. The first-order chi connectivity index (χ1) is 16.4. The smallest absolute Gasteiger partial charge is 0.226 e. The number of benzene rings is 2. The van der Waals surface area contributed by atoms with Gasteiger partial charge in [-0.05, 0) is 72.6 Å². The second kappa shape index (κ2) is 11.1. The summed E-state index contributed by atoms with van der Waals surface area (Å²) in [5, 5.41) is 4.74. The first kappa shape index (κ1) is 24.3. The molecule has 2 N–H and O–H groups in total. The third-order valence-corrected chi connectivity index (χ3v) is 6.71. The zero-order valence-electron chi connectivity index (χ0n) is 21.1. The molecule has 2 heterocycles. The summed E-state index contributed by atoms with van der Waals surface area (Å²) in [4.78, 5) is 18.8. The maximum atomic E-state index is 13.5. The molecule has 1 aliphatic heterocycles. The van der Waals surface area contributed by atoms with Crippen LogP contribution in [0, 0.1) is 18.8 Å². The number of rotatable bonds is 9. The minimum atomic E-state index is -0.0950. The van der Waals surface area contributed by atoms with Crippen molar-refractivity contribution in [1.82, 2.24) is 15.2 Å². The Balaban J connectivity index is 1.41. The molecule has 0 saturated carbocycles. The Morgan fingerprint density at radius 1 is 1.18 bits per heavy atom. The predicted octanol–water partition coefficient (Wildman–Crippen LogP) is 5.60. The average Bonchev–Trinajstić information content (AvgIpc) is 3.16. The number of amides is 1. The lowest BCUT2D eigenvalue weighted by molar-refractivity contribution is -0.136. The van der Waals surface area contributed by atoms with E-state index in [0.717, 1.165) is 49.4 Å². The molecular formula is C29H39N3O2. The molecule has 3 aromatic rings. The van der Waals surface area contributed by atoms with Gasteiger partial charge >= 0.3 is 0 Å². The maximum absolute atomic E-state index is 13.5. The van der Waals surface area contributed by atoms with E-state index in [1.165, 1.54) is 28.5 Å². The monoisotopic (exact) mass is 461 g/mol. The Kier molecular flexibility index (Phi) is 7.94. The van der Waals surface area contributed by atoms with Crippen LogP contribution in [0.15, 0.2) is 42.6 Å². The van der Waals surface area contributed by atoms with Crippen LogP contribution >= 0.6 is 0 Å². The summed E-state index contributed by atoms with van der Waals surface area (Å²) in [5.41, 5.74) is 6.16. The van der Waals surface area contributed by atoms with Gasteiger partial charge in [0.2, 0.25) is 5.91 Å². The van der Waals surface area contributed by atoms with Crippen LogP contribution in [0.5, 0.6) is 5.75 Å². The van der Waals surface area contributed by atoms with Crippen molar-refractivity contribution in [1.29, 1.82) is 0 Å². The normalized spacial score (nSPS) is 14.5. The van der Waals surface area contributed by atoms with Crippen LogP contribution in [0.3, 0.4) is 0 Å². The van der Waals surface area contributed by atoms with Crippen LogP contribution in [0.2, 0.25) is 0 Å². The van der Waals surface area contributed by atoms with Crippen molar-refractivity contribution in [3.8, 4) is 5.75 Å². The van der Waals surface area contributed by atoms with Crippen LogP contribution in [-0.4, -0.2) is 35.5 Å². The zero-order valence-corrected chi connectivity index (χ0v) is 21.1. The van der Waals surface area contributed by atoms with Crippen molar-refractivity contribution in [2.24, 2.45) is 11.8 Å². The maximum Gasteiger partial charge on any atom is 0.226 e. The van der Waals surface area contributed by atoms with E-state index in [1.807, 2.05) is 18.0 Å². The Morgan fingerprint density at radius 2 is 2.03 bits per heavy atom. The molecule has 5 nitrogen and oxygen atoms in total. The van der Waals surface area contributed by atoms with E-state index >= 15 is 0 Å². The van der Waals surface area contributed by atoms with Crippen LogP contribution in [0.4, 0.5) is 0 Å². The van der Waals surface area contributed by atoms with Gasteiger partial charge in [0.15, 0.2) is 0 Å². The molecule has 0 saturated heterocycles. The van der Waals surface area contributed by atoms with Crippen molar-refractivity contribution in [3.05, 3.63) is 64.8 Å². The average molecular weight is 462 g/mol. The van der Waals surface area contributed by atoms with Crippen molar-refractivity contribution >= 4 is 16.8 Å². The van der Waals surface area contributed by atoms with Crippen molar-refractivity contribution < 1.29 is 9.53 Å². The second-order valence-corrected chi connectivity index (χ2v) is 10.2. The van der Waals surface area contributed by atoms with Gasteiger partial charge in [0.05, 0.1) is 6.61 Å². The molecule has 5 heteroatoms. The van der Waals surface area contributed by atoms with Crippen LogP contribution in [0.1, 0.15) is 55.9 Å². The van der Waals surface area contributed by atoms with E-state index in [4.69, 9.17) is 4.74 Å². The van der Waals surface area contributed by atoms with Crippen LogP contribution < -0.4 is 10.1 Å². The highest BCUT2D eigenvalue weighted by molar-refractivity contribution is 5.83. The Bertz CT molecular complexity index is 1120. The van der Waals surface area contributed by atoms with Gasteiger partial charge in [0.1, 0.15) is 5.75 Å². The predicted molar refractivity (Wildman–Crippen MR) is 139 cm³/mol. The Morgan fingerprint density at radius 3 is 2.85 bits per heavy atom. The highest BCUT2D eigenvalue weighted by Crippen LogP contribution is 2.29. The molecule has 2 aromatic carbocycles. The van der Waals surface area contributed by atoms with Crippen molar-refractivity contribution in [3.63, 3.8) is 0 Å². The molecule has 1 aromatic heterocycles. The number of hydrogen-bond acceptors (Lipinski definition) is 3. The number of nitrogens with zero attached hydrogens (tertiary/aromatic N) is 1. The second-order valence-electron chi connectivity index (χ2n) is 10.2. The number of H-pyrrole nitrogens is 1. The summed E-state index contributed by atoms with van der Waals surface area (Å²) in [5.74, 6) is 1.53. The van der Waals surface area contributed by atoms with Crippen LogP contribution in [-0.2, 0) is 24.3 Å². The molecule has 1 atom stereocenters. The van der Waals surface area contributed by atoms with Gasteiger partial charge < -0.3 is 19.9 Å². The summed E-state index contributed by atoms with van der Waals surface area (Å²) in [6.45, 7) is 12.1. The lowest BCUT2D eigenvalue weighted by atomic mass is 9.99. The molecule has 1 amide bonds. The number of hydrogen-bond donors (Lipinski definition) is 2. The number of carbonyl (C=O) groups is 1. The topological polar surface area (TPSA) is 57.4 Å². The molecule has 0 bridgehead atoms. The van der Waals surface area contributed by atoms with E-state index in [9.17, 15) is 4.79 Å². The summed E-state index contributed by atoms with van der Waals surface area (Å²) in [7, 11) is 0. The van der Waals surface area contributed by atoms with Gasteiger partial charge in [-0.1, -0.05) is 39.0 Å². The summed E-state index contributed by atoms with van der Waals surface area (Å²) >= 11 is 0. The number of ether oxygens (including phenoxy) is 1. The summed E-state index contributed by atoms with van der Waals surface area (Å²) < 4.78 is 6.04. The van der Waals surface area contributed by atoms with Gasteiger partial charge in [-0.3, -0.25) is 4.79 Å². The third-order valence-electron chi connectivity index (χ3n) is 6.71. The lowest BCUT2D eigenvalue weighted by Crippen LogP contribution is -2.40. The van der Waals surface area contributed by atoms with E-state index in [1.54, 1.807) is 0 Å². The fraction of sp³-hybridized carbons (Fsp3) is 0.483. The number of aromatic nitrogens is 1. The minimum absolute atomic E-state index is 0.0950. The first-order valence-electron chi connectivity index (χ1n) is 12.7. The molecule has 0 fully saturated rings. The molecule has 0 aliphatic carbocycles. The fourth-order valence-electron chi connectivity index (χ4n) is 5.00. The van der Waals surface area contributed by atoms with Gasteiger partial charge in [-0.25, -0.2) is 0 Å². The molecule has 0 radical (unpaired) electrons. The molecule has 4 rings (SSSR count). The summed E-state index contributed by atoms with van der Waals surface area (Å²) in [6.07, 6.45) is 5.33. The fourth-order valence-corrected chi connectivity index (χ4v) is 5.00. The highest BCUT2D eigenvalue weighted by atomic mass is 16.5. The minimum Gasteiger partial charge on any atom is -0.493 e. The number of aromatic amines is 1. The van der Waals surface area contributed by atoms with E-state index < -0.39 is 0 Å². The Labute approximate surface area is 203 Å². The van der Waals surface area contributed by atoms with E-state index in [0.29, 0.717) is 19.0 Å². The summed E-state index contributed by atoms with van der Waals surface area (Å²) in [6, 6.07) is 12.8. The standard InChI is InChI=1S/C29H39N3O2/c1-20(2)18-32(19-23-14-21(3)25-9-5-6-13-34-28(25)15-23)29(33)22(4)16-30-17-24-8-7-10-27-26(24)11-12-31-27/h7-8,10-12,14-15,20,22,30-31H,5-6,9,13,16-19H2,1-4H3. The van der Waals surface area contributed by atoms with Crippen molar-refractivity contribution in [2.45, 2.75) is 60.0 Å². The quantitative estimate of drug-likeness (QED) is 0.436. The van der Waals surface area contributed by atoms with Gasteiger partial charge in [-0.15, -0.1) is 0 Å². The third kappa shape index (κ3) is 5.82. The van der Waals surface area contributed by atoms with Crippen LogP contribution in [0.25, 0.3) is 10.9 Å². The lowest BCUT2D eigenvalue weighted by Gasteiger charge is -2.28. The number of fused-ring (bicyclic) bond motifs is 2. The van der Waals surface area contributed by atoms with Gasteiger partial charge in [0, 0.05) is 49.2 Å². The van der Waals surface area contributed by atoms with Crippen molar-refractivity contribution in [2.75, 3.05) is 19.7 Å². The number of aryl methyl sites for hydroxylation is 1. The highest BCUT2D eigenvalue weighted by Gasteiger charge is 2.23. The molecule has 34 heavy (non-hydrogen) atoms. The SMILES string of the molecule is Cc1cc(CN(CC(C)C)C(=O)C(C)CNCc2cccc3[nH]ccc23)cc2c1CCCCO2. The molecule has 0 spiro atoms. The first-order valence-corrected chi connectivity index (χ1v) is 12.7. The van der Waals surface area contributed by atoms with Gasteiger partial charge in [-0.2, -0.15) is 0 Å². The number of nitrogens with one attached hydrogen (secondary N) is 2.